The highest BCUT2D eigenvalue weighted by molar-refractivity contribution is 9.11. The topological polar surface area (TPSA) is 49.4 Å². The van der Waals surface area contributed by atoms with E-state index in [2.05, 4.69) is 25.8 Å². The Labute approximate surface area is 162 Å². The average molecular weight is 442 g/mol. The van der Waals surface area contributed by atoms with Crippen molar-refractivity contribution in [2.45, 2.75) is 31.5 Å². The number of hydrogen-bond donors (Lipinski definition) is 1. The molecule has 2 aliphatic heterocycles. The third-order valence-corrected chi connectivity index (χ3v) is 4.79. The molecule has 0 aliphatic carbocycles. The van der Waals surface area contributed by atoms with Crippen LogP contribution in [0.4, 0.5) is 24.5 Å². The van der Waals surface area contributed by atoms with Gasteiger partial charge in [0.25, 0.3) is 0 Å². The van der Waals surface area contributed by atoms with Gasteiger partial charge in [-0.05, 0) is 53.5 Å². The van der Waals surface area contributed by atoms with E-state index in [0.29, 0.717) is 5.06 Å². The van der Waals surface area contributed by atoms with Crippen LogP contribution in [-0.2, 0) is 10.2 Å². The molecule has 1 unspecified atom stereocenters. The molecule has 1 atom stereocenters. The van der Waals surface area contributed by atoms with E-state index in [0.717, 1.165) is 0 Å². The van der Waals surface area contributed by atoms with Crippen LogP contribution in [0.25, 0.3) is 4.85 Å². The van der Waals surface area contributed by atoms with Crippen LogP contribution in [0.3, 0.4) is 0 Å². The van der Waals surface area contributed by atoms with Gasteiger partial charge in [-0.1, -0.05) is 6.07 Å². The number of fused-ring (bicyclic) bond motifs is 2. The largest absolute Gasteiger partial charge is 0.404 e. The maximum absolute atomic E-state index is 14.6. The van der Waals surface area contributed by atoms with Gasteiger partial charge in [-0.3, -0.25) is 5.21 Å². The lowest BCUT2D eigenvalue weighted by Gasteiger charge is -2.43. The van der Waals surface area contributed by atoms with Gasteiger partial charge in [0.15, 0.2) is 11.5 Å². The predicted molar refractivity (Wildman–Crippen MR) is 97.3 cm³/mol. The van der Waals surface area contributed by atoms with Crippen LogP contribution < -0.4 is 0 Å². The number of amidine groups is 1. The monoisotopic (exact) mass is 441 g/mol. The molecule has 1 aromatic carbocycles. The number of alkyl halides is 3. The zero-order valence-corrected chi connectivity index (χ0v) is 16.0. The first kappa shape index (κ1) is 19.6. The molecule has 0 saturated carbocycles. The van der Waals surface area contributed by atoms with Crippen LogP contribution in [0.1, 0.15) is 19.4 Å². The Morgan fingerprint density at radius 2 is 2.11 bits per heavy atom. The summed E-state index contributed by atoms with van der Waals surface area (Å²) >= 11 is 3.13. The molecule has 142 valence electrons. The van der Waals surface area contributed by atoms with Gasteiger partial charge in [0, 0.05) is 16.3 Å². The van der Waals surface area contributed by atoms with E-state index >= 15 is 0 Å². The van der Waals surface area contributed by atoms with Crippen molar-refractivity contribution in [2.24, 2.45) is 4.99 Å². The highest BCUT2D eigenvalue weighted by Gasteiger charge is 2.62. The van der Waals surface area contributed by atoms with Crippen molar-refractivity contribution in [1.29, 1.82) is 0 Å². The predicted octanol–water partition coefficient (Wildman–Crippen LogP) is 5.37. The molecule has 0 saturated heterocycles. The van der Waals surface area contributed by atoms with Crippen LogP contribution in [0, 0.1) is 6.57 Å². The minimum atomic E-state index is -4.77. The maximum Gasteiger partial charge on any atom is 0.404 e. The number of halogens is 4. The molecule has 0 spiro atoms. The summed E-state index contributed by atoms with van der Waals surface area (Å²) in [4.78, 5) is 7.44. The van der Waals surface area contributed by atoms with Crippen molar-refractivity contribution in [1.82, 2.24) is 5.06 Å². The summed E-state index contributed by atoms with van der Waals surface area (Å²) in [6.07, 6.45) is -2.73. The molecule has 0 amide bonds. The Morgan fingerprint density at radius 1 is 1.41 bits per heavy atom. The molecule has 0 fully saturated rings. The minimum absolute atomic E-state index is 0.0321. The summed E-state index contributed by atoms with van der Waals surface area (Å²) in [5.41, 5.74) is -2.90. The standard InChI is InChI=1S/C18H15BrF3N3O2/c1-10(2)27-9-17(18(20,21)22)13-7-12(23-3)4-5-15(13)24-16-14(17)6-11(19)8-25(16)26/h4-8,10,26H,9H2,1-2H3. The maximum atomic E-state index is 14.6. The van der Waals surface area contributed by atoms with Crippen molar-refractivity contribution < 1.29 is 23.1 Å². The highest BCUT2D eigenvalue weighted by atomic mass is 79.9. The van der Waals surface area contributed by atoms with Crippen LogP contribution in [0.15, 0.2) is 45.5 Å². The summed E-state index contributed by atoms with van der Waals surface area (Å²) < 4.78 is 49.5. The number of nitrogens with zero attached hydrogens (tertiary/aromatic N) is 3. The third-order valence-electron chi connectivity index (χ3n) is 4.36. The van der Waals surface area contributed by atoms with Gasteiger partial charge in [0.1, 0.15) is 5.41 Å². The summed E-state index contributed by atoms with van der Waals surface area (Å²) in [5.74, 6) is -0.231. The number of aliphatic imine (C=N–C) groups is 1. The molecule has 27 heavy (non-hydrogen) atoms. The van der Waals surface area contributed by atoms with Gasteiger partial charge in [-0.2, -0.15) is 13.2 Å². The molecule has 9 heteroatoms. The Morgan fingerprint density at radius 3 is 2.70 bits per heavy atom. The lowest BCUT2D eigenvalue weighted by Crippen LogP contribution is -2.53. The second kappa shape index (κ2) is 6.78. The van der Waals surface area contributed by atoms with Crippen LogP contribution in [0.2, 0.25) is 0 Å². The van der Waals surface area contributed by atoms with Crippen molar-refractivity contribution in [3.05, 3.63) is 57.5 Å². The first-order chi connectivity index (χ1) is 12.6. The van der Waals surface area contributed by atoms with E-state index in [4.69, 9.17) is 11.3 Å². The molecule has 3 rings (SSSR count). The lowest BCUT2D eigenvalue weighted by atomic mass is 9.70. The summed E-state index contributed by atoms with van der Waals surface area (Å²) in [7, 11) is 0. The number of hydrogen-bond acceptors (Lipinski definition) is 4. The quantitative estimate of drug-likeness (QED) is 0.641. The lowest BCUT2D eigenvalue weighted by molar-refractivity contribution is -0.195. The van der Waals surface area contributed by atoms with Gasteiger partial charge in [0.05, 0.1) is 25.0 Å². The second-order valence-electron chi connectivity index (χ2n) is 6.43. The summed E-state index contributed by atoms with van der Waals surface area (Å²) in [5, 5.41) is 10.7. The van der Waals surface area contributed by atoms with E-state index in [-0.39, 0.29) is 32.8 Å². The fourth-order valence-electron chi connectivity index (χ4n) is 3.09. The zero-order valence-electron chi connectivity index (χ0n) is 14.4. The Balaban J connectivity index is 2.38. The molecule has 2 aliphatic rings. The van der Waals surface area contributed by atoms with E-state index in [9.17, 15) is 18.4 Å². The second-order valence-corrected chi connectivity index (χ2v) is 7.34. The van der Waals surface area contributed by atoms with Crippen molar-refractivity contribution in [3.8, 4) is 0 Å². The van der Waals surface area contributed by atoms with Crippen LogP contribution >= 0.6 is 15.9 Å². The molecule has 0 radical (unpaired) electrons. The van der Waals surface area contributed by atoms with Gasteiger partial charge in [-0.25, -0.2) is 14.9 Å². The number of hydroxylamine groups is 2. The van der Waals surface area contributed by atoms with E-state index < -0.39 is 24.3 Å². The molecule has 0 aromatic heterocycles. The number of benzene rings is 1. The van der Waals surface area contributed by atoms with Crippen LogP contribution in [-0.4, -0.2) is 35.0 Å². The number of allylic oxidation sites excluding steroid dienone is 2. The van der Waals surface area contributed by atoms with Gasteiger partial charge in [-0.15, -0.1) is 0 Å². The Bertz CT molecular complexity index is 915. The van der Waals surface area contributed by atoms with E-state index in [1.165, 1.54) is 30.5 Å². The van der Waals surface area contributed by atoms with Gasteiger partial charge < -0.3 is 4.74 Å². The first-order valence-corrected chi connectivity index (χ1v) is 8.76. The zero-order chi connectivity index (χ0) is 20.0. The Hall–Kier alpha value is -2.15. The smallest absolute Gasteiger partial charge is 0.377 e. The Kier molecular flexibility index (Phi) is 4.93. The fraction of sp³-hybridized carbons (Fsp3) is 0.333. The van der Waals surface area contributed by atoms with Gasteiger partial charge >= 0.3 is 6.18 Å². The number of ether oxygens (including phenoxy) is 1. The van der Waals surface area contributed by atoms with Crippen molar-refractivity contribution in [2.75, 3.05) is 6.61 Å². The number of rotatable bonds is 3. The third kappa shape index (κ3) is 3.18. The highest BCUT2D eigenvalue weighted by Crippen LogP contribution is 2.54. The van der Waals surface area contributed by atoms with Crippen molar-refractivity contribution in [3.63, 3.8) is 0 Å². The first-order valence-electron chi connectivity index (χ1n) is 7.97. The molecule has 0 bridgehead atoms. The fourth-order valence-corrected chi connectivity index (χ4v) is 3.52. The van der Waals surface area contributed by atoms with Crippen LogP contribution in [0.5, 0.6) is 0 Å². The molecule has 1 aromatic rings. The molecular weight excluding hydrogens is 427 g/mol. The molecule has 5 nitrogen and oxygen atoms in total. The normalized spacial score (nSPS) is 21.7. The average Bonchev–Trinajstić information content (AvgIpc) is 2.57. The molecule has 1 N–H and O–H groups in total. The summed E-state index contributed by atoms with van der Waals surface area (Å²) in [6, 6.07) is 3.93. The molecular formula is C18H15BrF3N3O2. The van der Waals surface area contributed by atoms with E-state index in [1.807, 2.05) is 0 Å². The summed E-state index contributed by atoms with van der Waals surface area (Å²) in [6.45, 7) is 9.73. The minimum Gasteiger partial charge on any atom is -0.377 e. The van der Waals surface area contributed by atoms with Gasteiger partial charge in [0.2, 0.25) is 0 Å². The SMILES string of the molecule is [C-]#[N+]c1ccc2c(c1)C(COC(C)C)(C(F)(F)F)C1=CC(Br)=CN(O)C1=N2. The van der Waals surface area contributed by atoms with E-state index in [1.54, 1.807) is 13.8 Å². The molecule has 2 heterocycles. The van der Waals surface area contributed by atoms with Crippen molar-refractivity contribution >= 4 is 33.1 Å².